The van der Waals surface area contributed by atoms with Gasteiger partial charge in [0.2, 0.25) is 5.95 Å². The van der Waals surface area contributed by atoms with Gasteiger partial charge in [0.1, 0.15) is 11.6 Å². The summed E-state index contributed by atoms with van der Waals surface area (Å²) in [5.41, 5.74) is 2.86. The number of pyridine rings is 1. The smallest absolute Gasteiger partial charge is 0.253 e. The normalized spacial score (nSPS) is 19.1. The Morgan fingerprint density at radius 3 is 2.86 bits per heavy atom. The van der Waals surface area contributed by atoms with Crippen molar-refractivity contribution in [1.29, 1.82) is 0 Å². The van der Waals surface area contributed by atoms with Gasteiger partial charge in [-0.1, -0.05) is 18.5 Å². The molecule has 1 aromatic carbocycles. The van der Waals surface area contributed by atoms with Crippen LogP contribution in [0.3, 0.4) is 0 Å². The van der Waals surface area contributed by atoms with Gasteiger partial charge in [-0.2, -0.15) is 0 Å². The summed E-state index contributed by atoms with van der Waals surface area (Å²) < 4.78 is 10.9. The molecule has 2 aliphatic heterocycles. The van der Waals surface area contributed by atoms with Gasteiger partial charge in [0.05, 0.1) is 35.7 Å². The number of nitrogens with zero attached hydrogens (tertiary/aromatic N) is 3. The average molecular weight is 525 g/mol. The van der Waals surface area contributed by atoms with E-state index in [9.17, 15) is 9.90 Å². The van der Waals surface area contributed by atoms with Crippen molar-refractivity contribution in [3.8, 4) is 17.0 Å². The lowest BCUT2D eigenvalue weighted by molar-refractivity contribution is 0.0696. The number of amides is 1. The highest BCUT2D eigenvalue weighted by Crippen LogP contribution is 2.37. The van der Waals surface area contributed by atoms with Crippen molar-refractivity contribution in [1.82, 2.24) is 20.3 Å². The first-order valence-electron chi connectivity index (χ1n) is 12.1. The van der Waals surface area contributed by atoms with Crippen molar-refractivity contribution in [2.24, 2.45) is 0 Å². The van der Waals surface area contributed by atoms with Gasteiger partial charge in [0, 0.05) is 54.7 Å². The molecule has 2 aromatic heterocycles. The van der Waals surface area contributed by atoms with E-state index in [0.29, 0.717) is 48.4 Å². The van der Waals surface area contributed by atoms with Crippen molar-refractivity contribution in [2.75, 3.05) is 44.1 Å². The number of methoxy groups -OCH3 is 1. The second-order valence-corrected chi connectivity index (χ2v) is 9.88. The fourth-order valence-electron chi connectivity index (χ4n) is 4.52. The number of rotatable bonds is 7. The molecule has 11 heteroatoms. The number of hydrogen-bond acceptors (Lipinski definition) is 9. The minimum atomic E-state index is -0.407. The number of carbonyl (C=O) groups excluding carboxylic acids is 1. The summed E-state index contributed by atoms with van der Waals surface area (Å²) in [6.07, 6.45) is 4.92. The number of benzene rings is 1. The fourth-order valence-corrected chi connectivity index (χ4v) is 4.77. The van der Waals surface area contributed by atoms with E-state index in [1.807, 2.05) is 13.0 Å². The second kappa shape index (κ2) is 10.5. The topological polar surface area (TPSA) is 131 Å². The van der Waals surface area contributed by atoms with Crippen LogP contribution in [0.15, 0.2) is 36.7 Å². The first-order valence-corrected chi connectivity index (χ1v) is 12.5. The van der Waals surface area contributed by atoms with Crippen molar-refractivity contribution >= 4 is 35.0 Å². The number of fused-ring (bicyclic) bond motifs is 1. The van der Waals surface area contributed by atoms with E-state index >= 15 is 0 Å². The number of ether oxygens (including phenoxy) is 2. The van der Waals surface area contributed by atoms with Crippen LogP contribution in [0.2, 0.25) is 5.02 Å². The van der Waals surface area contributed by atoms with Crippen molar-refractivity contribution in [2.45, 2.75) is 31.2 Å². The largest absolute Gasteiger partial charge is 0.495 e. The van der Waals surface area contributed by atoms with Gasteiger partial charge in [-0.15, -0.1) is 0 Å². The van der Waals surface area contributed by atoms with Gasteiger partial charge in [0.25, 0.3) is 5.91 Å². The number of carbonyl (C=O) groups is 1. The molecule has 1 fully saturated rings. The quantitative estimate of drug-likeness (QED) is 0.366. The molecule has 37 heavy (non-hydrogen) atoms. The monoisotopic (exact) mass is 524 g/mol. The Balaban J connectivity index is 1.38. The molecule has 1 amide bonds. The van der Waals surface area contributed by atoms with E-state index in [1.165, 1.54) is 7.11 Å². The summed E-state index contributed by atoms with van der Waals surface area (Å²) >= 11 is 6.50. The zero-order chi connectivity index (χ0) is 26.0. The molecule has 10 nitrogen and oxygen atoms in total. The van der Waals surface area contributed by atoms with E-state index < -0.39 is 5.41 Å². The Bertz CT molecular complexity index is 1320. The van der Waals surface area contributed by atoms with Crippen LogP contribution in [0.1, 0.15) is 35.7 Å². The number of halogens is 1. The van der Waals surface area contributed by atoms with Crippen molar-refractivity contribution in [3.05, 3.63) is 52.8 Å². The molecular weight excluding hydrogens is 496 g/mol. The van der Waals surface area contributed by atoms with Gasteiger partial charge in [-0.05, 0) is 37.1 Å². The standard InChI is InChI=1S/C26H29ClN6O4/c1-26(14-34)13-30-23-18(26)9-15(12-29-23)20-3-6-28-25(32-20)33-21-11-19(27)17(10-22(21)36-2)24(35)31-16-4-7-37-8-5-16/h3,6,9-12,16,34H,4-5,7-8,13-14H2,1-2H3,(H,29,30)(H,31,35)(H,28,32,33). The van der Waals surface area contributed by atoms with Gasteiger partial charge in [0.15, 0.2) is 0 Å². The molecule has 0 aliphatic carbocycles. The van der Waals surface area contributed by atoms with Crippen molar-refractivity contribution in [3.63, 3.8) is 0 Å². The minimum Gasteiger partial charge on any atom is -0.495 e. The number of hydrogen-bond donors (Lipinski definition) is 4. The van der Waals surface area contributed by atoms with E-state index in [4.69, 9.17) is 21.1 Å². The molecular formula is C26H29ClN6O4. The lowest BCUT2D eigenvalue weighted by Crippen LogP contribution is -2.39. The third-order valence-corrected chi connectivity index (χ3v) is 7.13. The van der Waals surface area contributed by atoms with E-state index in [-0.39, 0.29) is 23.6 Å². The second-order valence-electron chi connectivity index (χ2n) is 9.48. The number of anilines is 3. The van der Waals surface area contributed by atoms with Crippen LogP contribution in [-0.2, 0) is 10.2 Å². The zero-order valence-electron chi connectivity index (χ0n) is 20.7. The predicted molar refractivity (Wildman–Crippen MR) is 141 cm³/mol. The maximum Gasteiger partial charge on any atom is 0.253 e. The number of aliphatic hydroxyl groups is 1. The van der Waals surface area contributed by atoms with Crippen LogP contribution in [0.25, 0.3) is 11.3 Å². The molecule has 0 radical (unpaired) electrons. The molecule has 1 unspecified atom stereocenters. The Kier molecular flexibility index (Phi) is 7.14. The summed E-state index contributed by atoms with van der Waals surface area (Å²) in [6.45, 7) is 3.88. The SMILES string of the molecule is COc1cc(C(=O)NC2CCOCC2)c(Cl)cc1Nc1nccc(-c2cnc3c(c2)C(C)(CO)CN3)n1. The number of aromatic nitrogens is 3. The highest BCUT2D eigenvalue weighted by atomic mass is 35.5. The van der Waals surface area contributed by atoms with Crippen LogP contribution >= 0.6 is 11.6 Å². The van der Waals surface area contributed by atoms with Crippen LogP contribution in [0, 0.1) is 0 Å². The molecule has 0 spiro atoms. The average Bonchev–Trinajstić information content (AvgIpc) is 3.26. The maximum atomic E-state index is 12.9. The Morgan fingerprint density at radius 2 is 2.11 bits per heavy atom. The maximum absolute atomic E-state index is 12.9. The van der Waals surface area contributed by atoms with Crippen molar-refractivity contribution < 1.29 is 19.4 Å². The highest BCUT2D eigenvalue weighted by molar-refractivity contribution is 6.34. The molecule has 0 bridgehead atoms. The first kappa shape index (κ1) is 25.2. The Labute approximate surface area is 219 Å². The van der Waals surface area contributed by atoms with E-state index in [0.717, 1.165) is 29.8 Å². The molecule has 194 valence electrons. The summed E-state index contributed by atoms with van der Waals surface area (Å²) in [5.74, 6) is 1.27. The third-order valence-electron chi connectivity index (χ3n) is 6.82. The molecule has 1 saturated heterocycles. The first-order chi connectivity index (χ1) is 17.9. The molecule has 0 saturated carbocycles. The summed E-state index contributed by atoms with van der Waals surface area (Å²) in [4.78, 5) is 26.3. The van der Waals surface area contributed by atoms with Crippen LogP contribution in [0.5, 0.6) is 5.75 Å². The number of aliphatic hydroxyl groups excluding tert-OH is 1. The minimum absolute atomic E-state index is 0.0123. The lowest BCUT2D eigenvalue weighted by Gasteiger charge is -2.23. The summed E-state index contributed by atoms with van der Waals surface area (Å²) in [7, 11) is 1.52. The van der Waals surface area contributed by atoms with E-state index in [2.05, 4.69) is 30.9 Å². The molecule has 3 aromatic rings. The van der Waals surface area contributed by atoms with Crippen LogP contribution in [-0.4, -0.2) is 65.5 Å². The molecule has 5 rings (SSSR count). The Hall–Kier alpha value is -3.47. The van der Waals surface area contributed by atoms with Gasteiger partial charge >= 0.3 is 0 Å². The summed E-state index contributed by atoms with van der Waals surface area (Å²) in [6, 6.07) is 7.08. The van der Waals surface area contributed by atoms with Gasteiger partial charge in [-0.25, -0.2) is 15.0 Å². The highest BCUT2D eigenvalue weighted by Gasteiger charge is 2.35. The molecule has 2 aliphatic rings. The fraction of sp³-hybridized carbons (Fsp3) is 0.385. The molecule has 4 heterocycles. The van der Waals surface area contributed by atoms with Crippen LogP contribution < -0.4 is 20.7 Å². The Morgan fingerprint density at radius 1 is 1.30 bits per heavy atom. The third kappa shape index (κ3) is 5.18. The molecule has 1 atom stereocenters. The van der Waals surface area contributed by atoms with Gasteiger partial charge in [-0.3, -0.25) is 4.79 Å². The molecule has 4 N–H and O–H groups in total. The predicted octanol–water partition coefficient (Wildman–Crippen LogP) is 3.53. The summed E-state index contributed by atoms with van der Waals surface area (Å²) in [5, 5.41) is 19.6. The van der Waals surface area contributed by atoms with E-state index in [1.54, 1.807) is 30.6 Å². The lowest BCUT2D eigenvalue weighted by atomic mass is 9.85. The number of nitrogens with one attached hydrogen (secondary N) is 3. The van der Waals surface area contributed by atoms with Crippen LogP contribution in [0.4, 0.5) is 17.5 Å². The zero-order valence-corrected chi connectivity index (χ0v) is 21.4. The van der Waals surface area contributed by atoms with Gasteiger partial charge < -0.3 is 30.5 Å².